The first-order valence-electron chi connectivity index (χ1n) is 9.55. The molecule has 0 saturated heterocycles. The van der Waals surface area contributed by atoms with E-state index in [0.29, 0.717) is 13.0 Å². The van der Waals surface area contributed by atoms with Crippen molar-refractivity contribution in [3.8, 4) is 0 Å². The maximum atomic E-state index is 12.5. The van der Waals surface area contributed by atoms with Gasteiger partial charge in [-0.05, 0) is 37.0 Å². The Bertz CT molecular complexity index is 822. The van der Waals surface area contributed by atoms with Crippen LogP contribution in [0.15, 0.2) is 53.5 Å². The van der Waals surface area contributed by atoms with E-state index in [1.54, 1.807) is 7.05 Å². The van der Waals surface area contributed by atoms with E-state index in [2.05, 4.69) is 52.9 Å². The smallest absolute Gasteiger partial charge is 0.227 e. The van der Waals surface area contributed by atoms with Gasteiger partial charge in [-0.15, -0.1) is 24.0 Å². The topological polar surface area (TPSA) is 56.7 Å². The minimum absolute atomic E-state index is 0. The highest BCUT2D eigenvalue weighted by molar-refractivity contribution is 14.0. The summed E-state index contributed by atoms with van der Waals surface area (Å²) < 4.78 is 0. The van der Waals surface area contributed by atoms with Crippen LogP contribution in [0.4, 0.5) is 5.69 Å². The van der Waals surface area contributed by atoms with Gasteiger partial charge < -0.3 is 15.5 Å². The third kappa shape index (κ3) is 5.95. The number of amides is 1. The number of hydrogen-bond donors (Lipinski definition) is 2. The SMILES string of the molecule is CN=C(NCCCC(=O)N1CCc2ccccc21)NCc1cccc(C)c1.I. The van der Waals surface area contributed by atoms with Gasteiger partial charge in [0.05, 0.1) is 0 Å². The Morgan fingerprint density at radius 3 is 2.75 bits per heavy atom. The molecule has 6 heteroatoms. The highest BCUT2D eigenvalue weighted by Gasteiger charge is 2.23. The molecule has 0 saturated carbocycles. The van der Waals surface area contributed by atoms with Gasteiger partial charge in [-0.2, -0.15) is 0 Å². The number of aryl methyl sites for hydroxylation is 1. The van der Waals surface area contributed by atoms with Crippen LogP contribution in [-0.2, 0) is 17.8 Å². The fourth-order valence-electron chi connectivity index (χ4n) is 3.41. The van der Waals surface area contributed by atoms with Crippen molar-refractivity contribution in [3.05, 3.63) is 65.2 Å². The summed E-state index contributed by atoms with van der Waals surface area (Å²) in [5, 5.41) is 6.60. The molecule has 0 bridgehead atoms. The van der Waals surface area contributed by atoms with E-state index in [-0.39, 0.29) is 29.9 Å². The Morgan fingerprint density at radius 2 is 1.96 bits per heavy atom. The van der Waals surface area contributed by atoms with E-state index in [1.165, 1.54) is 16.7 Å². The molecule has 1 amide bonds. The number of fused-ring (bicyclic) bond motifs is 1. The minimum Gasteiger partial charge on any atom is -0.356 e. The maximum absolute atomic E-state index is 12.5. The number of anilines is 1. The molecule has 2 aromatic rings. The molecule has 1 heterocycles. The predicted octanol–water partition coefficient (Wildman–Crippen LogP) is 3.65. The third-order valence-electron chi connectivity index (χ3n) is 4.81. The van der Waals surface area contributed by atoms with Gasteiger partial charge >= 0.3 is 0 Å². The maximum Gasteiger partial charge on any atom is 0.227 e. The molecule has 5 nitrogen and oxygen atoms in total. The first-order chi connectivity index (χ1) is 13.2. The van der Waals surface area contributed by atoms with Crippen molar-refractivity contribution in [2.24, 2.45) is 4.99 Å². The lowest BCUT2D eigenvalue weighted by Crippen LogP contribution is -2.38. The van der Waals surface area contributed by atoms with Gasteiger partial charge in [0.2, 0.25) is 5.91 Å². The molecule has 2 aromatic carbocycles. The number of rotatable bonds is 6. The monoisotopic (exact) mass is 492 g/mol. The molecule has 1 aliphatic rings. The summed E-state index contributed by atoms with van der Waals surface area (Å²) in [6.45, 7) is 4.33. The first-order valence-corrected chi connectivity index (χ1v) is 9.55. The zero-order valence-electron chi connectivity index (χ0n) is 16.6. The number of nitrogens with one attached hydrogen (secondary N) is 2. The average molecular weight is 492 g/mol. The largest absolute Gasteiger partial charge is 0.356 e. The van der Waals surface area contributed by atoms with Crippen LogP contribution in [0.5, 0.6) is 0 Å². The number of carbonyl (C=O) groups is 1. The lowest BCUT2D eigenvalue weighted by Gasteiger charge is -2.17. The Balaban J connectivity index is 0.00000280. The fourth-order valence-corrected chi connectivity index (χ4v) is 3.41. The summed E-state index contributed by atoms with van der Waals surface area (Å²) in [7, 11) is 1.76. The summed E-state index contributed by atoms with van der Waals surface area (Å²) in [6, 6.07) is 16.6. The Morgan fingerprint density at radius 1 is 1.14 bits per heavy atom. The molecule has 150 valence electrons. The van der Waals surface area contributed by atoms with Crippen LogP contribution in [0.3, 0.4) is 0 Å². The van der Waals surface area contributed by atoms with Crippen LogP contribution in [0, 0.1) is 6.92 Å². The van der Waals surface area contributed by atoms with E-state index in [4.69, 9.17) is 0 Å². The van der Waals surface area contributed by atoms with Gasteiger partial charge in [0.1, 0.15) is 0 Å². The number of carbonyl (C=O) groups excluding carboxylic acids is 1. The fraction of sp³-hybridized carbons (Fsp3) is 0.364. The van der Waals surface area contributed by atoms with Crippen molar-refractivity contribution in [2.75, 3.05) is 25.0 Å². The quantitative estimate of drug-likeness (QED) is 0.280. The summed E-state index contributed by atoms with van der Waals surface area (Å²) in [5.74, 6) is 0.958. The number of guanidine groups is 1. The third-order valence-corrected chi connectivity index (χ3v) is 4.81. The lowest BCUT2D eigenvalue weighted by atomic mass is 10.1. The van der Waals surface area contributed by atoms with E-state index in [9.17, 15) is 4.79 Å². The Labute approximate surface area is 184 Å². The van der Waals surface area contributed by atoms with Gasteiger partial charge in [-0.3, -0.25) is 9.79 Å². The molecule has 1 aliphatic heterocycles. The van der Waals surface area contributed by atoms with E-state index < -0.39 is 0 Å². The Hall–Kier alpha value is -2.09. The van der Waals surface area contributed by atoms with Crippen molar-refractivity contribution in [2.45, 2.75) is 32.7 Å². The summed E-state index contributed by atoms with van der Waals surface area (Å²) in [6.07, 6.45) is 2.27. The van der Waals surface area contributed by atoms with E-state index >= 15 is 0 Å². The number of benzene rings is 2. The highest BCUT2D eigenvalue weighted by atomic mass is 127. The molecular weight excluding hydrogens is 463 g/mol. The predicted molar refractivity (Wildman–Crippen MR) is 127 cm³/mol. The summed E-state index contributed by atoms with van der Waals surface area (Å²) in [4.78, 5) is 18.7. The number of nitrogens with zero attached hydrogens (tertiary/aromatic N) is 2. The van der Waals surface area contributed by atoms with Crippen molar-refractivity contribution in [1.29, 1.82) is 0 Å². The van der Waals surface area contributed by atoms with Crippen molar-refractivity contribution < 1.29 is 4.79 Å². The highest BCUT2D eigenvalue weighted by Crippen LogP contribution is 2.27. The molecule has 0 aliphatic carbocycles. The van der Waals surface area contributed by atoms with Crippen LogP contribution >= 0.6 is 24.0 Å². The second-order valence-corrected chi connectivity index (χ2v) is 6.87. The number of para-hydroxylation sites is 1. The number of hydrogen-bond acceptors (Lipinski definition) is 2. The molecule has 0 atom stereocenters. The van der Waals surface area contributed by atoms with Gasteiger partial charge in [-0.25, -0.2) is 0 Å². The normalized spacial score (nSPS) is 12.9. The Kier molecular flexibility index (Phi) is 8.76. The number of halogens is 1. The zero-order valence-corrected chi connectivity index (χ0v) is 18.9. The summed E-state index contributed by atoms with van der Waals surface area (Å²) in [5.41, 5.74) is 4.82. The molecule has 3 rings (SSSR count). The van der Waals surface area contributed by atoms with Crippen LogP contribution in [0.1, 0.15) is 29.5 Å². The van der Waals surface area contributed by atoms with Crippen LogP contribution < -0.4 is 15.5 Å². The minimum atomic E-state index is 0. The standard InChI is InChI=1S/C22H28N4O.HI/c1-17-7-5-8-18(15-17)16-25-22(23-2)24-13-6-11-21(27)26-14-12-19-9-3-4-10-20(19)26;/h3-5,7-10,15H,6,11-14,16H2,1-2H3,(H2,23,24,25);1H. The summed E-state index contributed by atoms with van der Waals surface area (Å²) >= 11 is 0. The van der Waals surface area contributed by atoms with Gasteiger partial charge in [0.25, 0.3) is 0 Å². The van der Waals surface area contributed by atoms with E-state index in [0.717, 1.165) is 37.6 Å². The van der Waals surface area contributed by atoms with Crippen molar-refractivity contribution in [1.82, 2.24) is 10.6 Å². The van der Waals surface area contributed by atoms with Crippen LogP contribution in [0.2, 0.25) is 0 Å². The molecule has 0 unspecified atom stereocenters. The molecule has 0 spiro atoms. The van der Waals surface area contributed by atoms with Crippen molar-refractivity contribution >= 4 is 41.5 Å². The zero-order chi connectivity index (χ0) is 19.1. The van der Waals surface area contributed by atoms with Gasteiger partial charge in [0, 0.05) is 38.8 Å². The second-order valence-electron chi connectivity index (χ2n) is 6.87. The second kappa shape index (κ2) is 11.0. The van der Waals surface area contributed by atoms with Gasteiger partial charge in [-0.1, -0.05) is 48.0 Å². The average Bonchev–Trinajstić information content (AvgIpc) is 3.11. The van der Waals surface area contributed by atoms with Gasteiger partial charge in [0.15, 0.2) is 5.96 Å². The van der Waals surface area contributed by atoms with Crippen molar-refractivity contribution in [3.63, 3.8) is 0 Å². The molecule has 0 fully saturated rings. The van der Waals surface area contributed by atoms with Crippen LogP contribution in [0.25, 0.3) is 0 Å². The number of aliphatic imine (C=N–C) groups is 1. The van der Waals surface area contributed by atoms with E-state index in [1.807, 2.05) is 23.1 Å². The molecule has 0 radical (unpaired) electrons. The lowest BCUT2D eigenvalue weighted by molar-refractivity contribution is -0.118. The van der Waals surface area contributed by atoms with Crippen LogP contribution in [-0.4, -0.2) is 32.0 Å². The molecular formula is C22H29IN4O. The molecule has 0 aromatic heterocycles. The first kappa shape index (κ1) is 22.2. The molecule has 28 heavy (non-hydrogen) atoms. The molecule has 2 N–H and O–H groups in total.